The fraction of sp³-hybridized carbons (Fsp3) is 0.364. The van der Waals surface area contributed by atoms with Crippen molar-refractivity contribution in [1.29, 1.82) is 0 Å². The number of carbonyl (C=O) groups is 1. The van der Waals surface area contributed by atoms with E-state index in [4.69, 9.17) is 14.2 Å². The van der Waals surface area contributed by atoms with Crippen LogP contribution in [0.3, 0.4) is 0 Å². The van der Waals surface area contributed by atoms with Crippen molar-refractivity contribution in [3.05, 3.63) is 23.8 Å². The van der Waals surface area contributed by atoms with Gasteiger partial charge in [0, 0.05) is 12.2 Å². The summed E-state index contributed by atoms with van der Waals surface area (Å²) in [6.45, 7) is 2.48. The predicted molar refractivity (Wildman–Crippen MR) is 54.4 cm³/mol. The number of aromatic carboxylic acids is 1. The van der Waals surface area contributed by atoms with Crippen LogP contribution in [0.25, 0.3) is 0 Å². The molecule has 0 saturated heterocycles. The zero-order chi connectivity index (χ0) is 12.0. The van der Waals surface area contributed by atoms with Crippen LogP contribution in [0, 0.1) is 0 Å². The Bertz CT molecular complexity index is 361. The Hall–Kier alpha value is -1.75. The van der Waals surface area contributed by atoms with E-state index in [1.54, 1.807) is 0 Å². The summed E-state index contributed by atoms with van der Waals surface area (Å²) < 4.78 is 15.2. The maximum Gasteiger partial charge on any atom is 0.189 e. The summed E-state index contributed by atoms with van der Waals surface area (Å²) >= 11 is 0. The second-order valence-corrected chi connectivity index (χ2v) is 2.91. The molecule has 0 unspecified atom stereocenters. The van der Waals surface area contributed by atoms with Gasteiger partial charge < -0.3 is 24.1 Å². The highest BCUT2D eigenvalue weighted by atomic mass is 16.7. The van der Waals surface area contributed by atoms with Gasteiger partial charge in [-0.25, -0.2) is 0 Å². The number of carboxylic acid groups (broad SMARTS) is 1. The lowest BCUT2D eigenvalue weighted by Gasteiger charge is -2.12. The number of benzene rings is 1. The molecule has 1 aromatic carbocycles. The van der Waals surface area contributed by atoms with Crippen LogP contribution in [0.1, 0.15) is 17.3 Å². The number of carboxylic acids is 1. The molecule has 5 nitrogen and oxygen atoms in total. The summed E-state index contributed by atoms with van der Waals surface area (Å²) in [5, 5.41) is 10.6. The fourth-order valence-corrected chi connectivity index (χ4v) is 1.10. The molecule has 16 heavy (non-hydrogen) atoms. The Morgan fingerprint density at radius 3 is 2.69 bits per heavy atom. The number of ether oxygens (including phenoxy) is 3. The van der Waals surface area contributed by atoms with E-state index in [0.29, 0.717) is 18.1 Å². The molecule has 88 valence electrons. The van der Waals surface area contributed by atoms with Gasteiger partial charge in [-0.05, 0) is 25.1 Å². The first kappa shape index (κ1) is 12.3. The third-order valence-corrected chi connectivity index (χ3v) is 1.90. The maximum atomic E-state index is 10.6. The van der Waals surface area contributed by atoms with Gasteiger partial charge in [-0.3, -0.25) is 0 Å². The van der Waals surface area contributed by atoms with Crippen LogP contribution in [0.2, 0.25) is 0 Å². The van der Waals surface area contributed by atoms with E-state index in [-0.39, 0.29) is 12.4 Å². The first-order valence-electron chi connectivity index (χ1n) is 4.79. The molecule has 0 saturated carbocycles. The number of carbonyl (C=O) groups excluding carboxylic acids is 1. The van der Waals surface area contributed by atoms with E-state index in [9.17, 15) is 9.90 Å². The molecule has 0 aromatic heterocycles. The molecular formula is C11H13O5-. The molecule has 0 heterocycles. The van der Waals surface area contributed by atoms with Crippen LogP contribution in [-0.4, -0.2) is 26.5 Å². The topological polar surface area (TPSA) is 67.8 Å². The highest BCUT2D eigenvalue weighted by Gasteiger charge is 2.06. The Morgan fingerprint density at radius 2 is 2.12 bits per heavy atom. The van der Waals surface area contributed by atoms with Gasteiger partial charge in [0.1, 0.15) is 0 Å². The highest BCUT2D eigenvalue weighted by molar-refractivity contribution is 5.86. The van der Waals surface area contributed by atoms with E-state index in [0.717, 1.165) is 0 Å². The maximum absolute atomic E-state index is 10.6. The van der Waals surface area contributed by atoms with Crippen molar-refractivity contribution in [2.45, 2.75) is 6.92 Å². The minimum atomic E-state index is -1.25. The first-order valence-corrected chi connectivity index (χ1v) is 4.79. The molecule has 0 aliphatic rings. The molecule has 0 amide bonds. The molecule has 0 N–H and O–H groups in total. The Morgan fingerprint density at radius 1 is 1.38 bits per heavy atom. The van der Waals surface area contributed by atoms with E-state index >= 15 is 0 Å². The molecule has 0 aliphatic carbocycles. The zero-order valence-electron chi connectivity index (χ0n) is 9.19. The molecule has 1 rings (SSSR count). The summed E-state index contributed by atoms with van der Waals surface area (Å²) in [6.07, 6.45) is 0. The van der Waals surface area contributed by atoms with Crippen molar-refractivity contribution in [3.63, 3.8) is 0 Å². The smallest absolute Gasteiger partial charge is 0.189 e. The zero-order valence-corrected chi connectivity index (χ0v) is 9.19. The van der Waals surface area contributed by atoms with Gasteiger partial charge in [0.25, 0.3) is 0 Å². The molecule has 0 bridgehead atoms. The van der Waals surface area contributed by atoms with Gasteiger partial charge in [-0.15, -0.1) is 0 Å². The van der Waals surface area contributed by atoms with Gasteiger partial charge in [0.2, 0.25) is 0 Å². The van der Waals surface area contributed by atoms with Crippen molar-refractivity contribution >= 4 is 5.97 Å². The third-order valence-electron chi connectivity index (χ3n) is 1.90. The summed E-state index contributed by atoms with van der Waals surface area (Å²) in [7, 11) is 1.43. The standard InChI is InChI=1S/C11H14O5/c1-3-15-7-16-9-5-4-8(11(12)13)6-10(9)14-2/h4-6H,3,7H2,1-2H3,(H,12,13)/p-1. The van der Waals surface area contributed by atoms with Gasteiger partial charge >= 0.3 is 0 Å². The molecule has 1 aromatic rings. The van der Waals surface area contributed by atoms with Crippen LogP contribution < -0.4 is 14.6 Å². The number of methoxy groups -OCH3 is 1. The highest BCUT2D eigenvalue weighted by Crippen LogP contribution is 2.27. The van der Waals surface area contributed by atoms with Crippen LogP contribution in [-0.2, 0) is 4.74 Å². The predicted octanol–water partition coefficient (Wildman–Crippen LogP) is 0.431. The van der Waals surface area contributed by atoms with Crippen LogP contribution in [0.15, 0.2) is 18.2 Å². The fourth-order valence-electron chi connectivity index (χ4n) is 1.10. The molecule has 0 spiro atoms. The summed E-state index contributed by atoms with van der Waals surface area (Å²) in [6, 6.07) is 4.23. The second-order valence-electron chi connectivity index (χ2n) is 2.91. The minimum absolute atomic E-state index is 0.0422. The normalized spacial score (nSPS) is 9.88. The van der Waals surface area contributed by atoms with E-state index in [1.807, 2.05) is 6.92 Å². The van der Waals surface area contributed by atoms with E-state index in [1.165, 1.54) is 25.3 Å². The van der Waals surface area contributed by atoms with Crippen molar-refractivity contribution in [2.75, 3.05) is 20.5 Å². The van der Waals surface area contributed by atoms with Crippen molar-refractivity contribution in [3.8, 4) is 11.5 Å². The monoisotopic (exact) mass is 225 g/mol. The summed E-state index contributed by atoms with van der Waals surface area (Å²) in [5.41, 5.74) is 0.0422. The number of hydrogen-bond donors (Lipinski definition) is 0. The quantitative estimate of drug-likeness (QED) is 0.518. The van der Waals surface area contributed by atoms with E-state index in [2.05, 4.69) is 0 Å². The molecular weight excluding hydrogens is 212 g/mol. The van der Waals surface area contributed by atoms with Crippen molar-refractivity contribution < 1.29 is 24.1 Å². The Kier molecular flexibility index (Phi) is 4.60. The summed E-state index contributed by atoms with van der Waals surface area (Å²) in [5.74, 6) is -0.489. The van der Waals surface area contributed by atoms with Gasteiger partial charge in [0.05, 0.1) is 13.1 Å². The van der Waals surface area contributed by atoms with Gasteiger partial charge in [-0.1, -0.05) is 0 Å². The average Bonchev–Trinajstić information content (AvgIpc) is 2.29. The second kappa shape index (κ2) is 5.97. The molecule has 0 aliphatic heterocycles. The van der Waals surface area contributed by atoms with Gasteiger partial charge in [-0.2, -0.15) is 0 Å². The Balaban J connectivity index is 2.80. The Labute approximate surface area is 93.6 Å². The van der Waals surface area contributed by atoms with Gasteiger partial charge in [0.15, 0.2) is 18.3 Å². The number of hydrogen-bond acceptors (Lipinski definition) is 5. The SMILES string of the molecule is CCOCOc1ccc(C(=O)[O-])cc1OC. The van der Waals surface area contributed by atoms with Crippen LogP contribution in [0.4, 0.5) is 0 Å². The van der Waals surface area contributed by atoms with Crippen LogP contribution in [0.5, 0.6) is 11.5 Å². The lowest BCUT2D eigenvalue weighted by atomic mass is 10.2. The molecule has 0 atom stereocenters. The molecule has 0 fully saturated rings. The lowest BCUT2D eigenvalue weighted by molar-refractivity contribution is -0.255. The largest absolute Gasteiger partial charge is 0.545 e. The average molecular weight is 225 g/mol. The van der Waals surface area contributed by atoms with Crippen molar-refractivity contribution in [1.82, 2.24) is 0 Å². The van der Waals surface area contributed by atoms with Crippen molar-refractivity contribution in [2.24, 2.45) is 0 Å². The molecule has 0 radical (unpaired) electrons. The first-order chi connectivity index (χ1) is 7.69. The lowest BCUT2D eigenvalue weighted by Crippen LogP contribution is -2.22. The number of rotatable bonds is 6. The molecule has 5 heteroatoms. The summed E-state index contributed by atoms with van der Waals surface area (Å²) in [4.78, 5) is 10.6. The van der Waals surface area contributed by atoms with Crippen LogP contribution >= 0.6 is 0 Å². The van der Waals surface area contributed by atoms with E-state index < -0.39 is 5.97 Å². The third kappa shape index (κ3) is 3.13. The minimum Gasteiger partial charge on any atom is -0.545 e.